The zero-order valence-electron chi connectivity index (χ0n) is 24.1. The summed E-state index contributed by atoms with van der Waals surface area (Å²) in [6.45, 7) is 2.95. The Hall–Kier alpha value is -4.29. The summed E-state index contributed by atoms with van der Waals surface area (Å²) >= 11 is 0. The summed E-state index contributed by atoms with van der Waals surface area (Å²) in [7, 11) is 3.47. The maximum Gasteiger partial charge on any atom is 0.334 e. The first-order valence-corrected chi connectivity index (χ1v) is 14.0. The number of para-hydroxylation sites is 2. The SMILES string of the molecule is C[C@@H]1CCN(C(=O)CC#N)CC1N(C)c1ncnc2c1ccn2C(=O)N(C)c1ccccc1O[C@@H]1OC[C@@H](O)[C@H](O)[C@H]1O. The molecular weight excluding hydrogens is 558 g/mol. The minimum atomic E-state index is -1.50. The summed E-state index contributed by atoms with van der Waals surface area (Å²) in [4.78, 5) is 40.2. The van der Waals surface area contributed by atoms with E-state index in [1.165, 1.54) is 15.8 Å². The maximum atomic E-state index is 13.8. The van der Waals surface area contributed by atoms with Crippen LogP contribution in [0, 0.1) is 17.2 Å². The minimum absolute atomic E-state index is 0.0581. The Morgan fingerprint density at radius 1 is 1.16 bits per heavy atom. The molecule has 0 spiro atoms. The number of fused-ring (bicyclic) bond motifs is 1. The predicted molar refractivity (Wildman–Crippen MR) is 154 cm³/mol. The maximum absolute atomic E-state index is 13.8. The Morgan fingerprint density at radius 2 is 1.93 bits per heavy atom. The number of aliphatic hydroxyl groups is 3. The van der Waals surface area contributed by atoms with E-state index in [9.17, 15) is 24.9 Å². The van der Waals surface area contributed by atoms with E-state index in [-0.39, 0.29) is 36.6 Å². The number of benzene rings is 1. The van der Waals surface area contributed by atoms with Crippen LogP contribution in [0.5, 0.6) is 5.75 Å². The minimum Gasteiger partial charge on any atom is -0.460 e. The molecule has 3 aromatic rings. The van der Waals surface area contributed by atoms with Gasteiger partial charge in [-0.25, -0.2) is 14.8 Å². The Labute approximate surface area is 248 Å². The largest absolute Gasteiger partial charge is 0.460 e. The van der Waals surface area contributed by atoms with Crippen LogP contribution in [0.1, 0.15) is 19.8 Å². The van der Waals surface area contributed by atoms with Crippen molar-refractivity contribution < 1.29 is 34.4 Å². The zero-order chi connectivity index (χ0) is 30.8. The third kappa shape index (κ3) is 5.84. The molecule has 2 aliphatic heterocycles. The molecule has 2 aliphatic rings. The van der Waals surface area contributed by atoms with Crippen molar-refractivity contribution in [1.82, 2.24) is 19.4 Å². The molecule has 14 nitrogen and oxygen atoms in total. The summed E-state index contributed by atoms with van der Waals surface area (Å²) in [5, 5.41) is 39.7. The summed E-state index contributed by atoms with van der Waals surface area (Å²) < 4.78 is 12.6. The van der Waals surface area contributed by atoms with E-state index in [2.05, 4.69) is 16.9 Å². The number of likely N-dealkylation sites (tertiary alicyclic amines) is 1. The fraction of sp³-hybridized carbons (Fsp3) is 0.483. The van der Waals surface area contributed by atoms with E-state index in [4.69, 9.17) is 14.7 Å². The second-order valence-electron chi connectivity index (χ2n) is 10.9. The van der Waals surface area contributed by atoms with Crippen LogP contribution in [-0.4, -0.2) is 111 Å². The number of aliphatic hydroxyl groups excluding tert-OH is 3. The monoisotopic (exact) mass is 593 g/mol. The highest BCUT2D eigenvalue weighted by Crippen LogP contribution is 2.33. The number of carbonyl (C=O) groups excluding carboxylic acids is 2. The Kier molecular flexibility index (Phi) is 8.79. The fourth-order valence-corrected chi connectivity index (χ4v) is 5.60. The van der Waals surface area contributed by atoms with Gasteiger partial charge in [0.25, 0.3) is 0 Å². The van der Waals surface area contributed by atoms with Gasteiger partial charge in [0.15, 0.2) is 5.65 Å². The van der Waals surface area contributed by atoms with Gasteiger partial charge in [0.05, 0.1) is 29.8 Å². The van der Waals surface area contributed by atoms with Crippen molar-refractivity contribution in [1.29, 1.82) is 5.26 Å². The molecule has 43 heavy (non-hydrogen) atoms. The number of nitriles is 1. The van der Waals surface area contributed by atoms with E-state index in [1.54, 1.807) is 48.5 Å². The summed E-state index contributed by atoms with van der Waals surface area (Å²) in [6.07, 6.45) is -1.81. The van der Waals surface area contributed by atoms with E-state index in [0.717, 1.165) is 6.42 Å². The van der Waals surface area contributed by atoms with Crippen LogP contribution in [-0.2, 0) is 9.53 Å². The van der Waals surface area contributed by atoms with Crippen molar-refractivity contribution in [3.8, 4) is 11.8 Å². The van der Waals surface area contributed by atoms with E-state index >= 15 is 0 Å². The molecule has 1 unspecified atom stereocenters. The van der Waals surface area contributed by atoms with Crippen molar-refractivity contribution in [2.24, 2.45) is 5.92 Å². The van der Waals surface area contributed by atoms with Gasteiger partial charge >= 0.3 is 6.03 Å². The molecular formula is C29H35N7O7. The van der Waals surface area contributed by atoms with Crippen molar-refractivity contribution >= 4 is 34.5 Å². The number of piperidine rings is 1. The number of carbonyl (C=O) groups is 2. The second kappa shape index (κ2) is 12.5. The van der Waals surface area contributed by atoms with Crippen LogP contribution in [0.3, 0.4) is 0 Å². The number of hydrogen-bond acceptors (Lipinski definition) is 11. The molecule has 2 amide bonds. The van der Waals surface area contributed by atoms with Crippen LogP contribution < -0.4 is 14.5 Å². The number of anilines is 2. The molecule has 0 saturated carbocycles. The fourth-order valence-electron chi connectivity index (χ4n) is 5.60. The van der Waals surface area contributed by atoms with Crippen LogP contribution in [0.25, 0.3) is 11.0 Å². The van der Waals surface area contributed by atoms with Gasteiger partial charge in [-0.05, 0) is 30.5 Å². The Morgan fingerprint density at radius 3 is 2.70 bits per heavy atom. The molecule has 228 valence electrons. The molecule has 6 atom stereocenters. The van der Waals surface area contributed by atoms with Gasteiger partial charge < -0.3 is 34.6 Å². The lowest BCUT2D eigenvalue weighted by atomic mass is 9.92. The quantitative estimate of drug-likeness (QED) is 0.371. The summed E-state index contributed by atoms with van der Waals surface area (Å²) in [5.74, 6) is 0.893. The number of hydrogen-bond donors (Lipinski definition) is 3. The van der Waals surface area contributed by atoms with Gasteiger partial charge in [-0.3, -0.25) is 14.3 Å². The summed E-state index contributed by atoms with van der Waals surface area (Å²) in [5.41, 5.74) is 0.756. The lowest BCUT2D eigenvalue weighted by molar-refractivity contribution is -0.241. The number of nitrogens with zero attached hydrogens (tertiary/aromatic N) is 7. The molecule has 2 saturated heterocycles. The molecule has 2 aromatic heterocycles. The van der Waals surface area contributed by atoms with Gasteiger partial charge in [0, 0.05) is 33.4 Å². The molecule has 5 rings (SSSR count). The van der Waals surface area contributed by atoms with Crippen LogP contribution in [0.15, 0.2) is 42.9 Å². The third-order valence-electron chi connectivity index (χ3n) is 8.21. The number of amides is 2. The van der Waals surface area contributed by atoms with Gasteiger partial charge in [0.1, 0.15) is 42.6 Å². The standard InChI is InChI=1S/C29H35N7O7/c1-17-9-12-35(23(38)8-11-30)14-20(17)33(2)26-18-10-13-36(27(18)32-16-31-26)29(41)34(3)19-6-4-5-7-22(19)43-28-25(40)24(39)21(37)15-42-28/h4-7,10,13,16-17,20-21,24-25,28,37,39-40H,8-9,12,14-15H2,1-3H3/t17-,20?,21-,24+,25-,28+/m1/s1. The first-order valence-electron chi connectivity index (χ1n) is 14.0. The average Bonchev–Trinajstić information content (AvgIpc) is 3.45. The van der Waals surface area contributed by atoms with Crippen molar-refractivity contribution in [2.75, 3.05) is 43.6 Å². The molecule has 0 radical (unpaired) electrons. The molecule has 0 aliphatic carbocycles. The number of aromatic nitrogens is 3. The smallest absolute Gasteiger partial charge is 0.334 e. The Bertz CT molecular complexity index is 1520. The molecule has 2 fully saturated rings. The second-order valence-corrected chi connectivity index (χ2v) is 10.9. The van der Waals surface area contributed by atoms with Gasteiger partial charge in [-0.2, -0.15) is 5.26 Å². The van der Waals surface area contributed by atoms with Crippen LogP contribution in [0.4, 0.5) is 16.3 Å². The molecule has 3 N–H and O–H groups in total. The van der Waals surface area contributed by atoms with E-state index in [0.29, 0.717) is 35.6 Å². The zero-order valence-corrected chi connectivity index (χ0v) is 24.1. The van der Waals surface area contributed by atoms with Crippen LogP contribution >= 0.6 is 0 Å². The normalized spacial score (nSPS) is 25.7. The molecule has 0 bridgehead atoms. The van der Waals surface area contributed by atoms with Crippen LogP contribution in [0.2, 0.25) is 0 Å². The van der Waals surface area contributed by atoms with Gasteiger partial charge in [0.2, 0.25) is 12.2 Å². The van der Waals surface area contributed by atoms with Gasteiger partial charge in [-0.15, -0.1) is 0 Å². The average molecular weight is 594 g/mol. The first kappa shape index (κ1) is 30.2. The third-order valence-corrected chi connectivity index (χ3v) is 8.21. The highest BCUT2D eigenvalue weighted by atomic mass is 16.7. The molecule has 4 heterocycles. The first-order chi connectivity index (χ1) is 20.6. The highest BCUT2D eigenvalue weighted by molar-refractivity contribution is 6.01. The molecule has 1 aromatic carbocycles. The molecule has 14 heteroatoms. The summed E-state index contributed by atoms with van der Waals surface area (Å²) in [6, 6.07) is 9.88. The van der Waals surface area contributed by atoms with Crippen molar-refractivity contribution in [3.05, 3.63) is 42.9 Å². The van der Waals surface area contributed by atoms with Crippen molar-refractivity contribution in [3.63, 3.8) is 0 Å². The van der Waals surface area contributed by atoms with E-state index < -0.39 is 30.6 Å². The van der Waals surface area contributed by atoms with Crippen molar-refractivity contribution in [2.45, 2.75) is 50.4 Å². The number of ether oxygens (including phenoxy) is 2. The number of likely N-dealkylation sites (N-methyl/N-ethyl adjacent to an activating group) is 1. The van der Waals surface area contributed by atoms with Gasteiger partial charge in [-0.1, -0.05) is 19.1 Å². The topological polar surface area (TPSA) is 178 Å². The Balaban J connectivity index is 1.39. The number of rotatable bonds is 6. The lowest BCUT2D eigenvalue weighted by Crippen LogP contribution is -2.54. The predicted octanol–water partition coefficient (Wildman–Crippen LogP) is 0.940. The highest BCUT2D eigenvalue weighted by Gasteiger charge is 2.39. The van der Waals surface area contributed by atoms with E-state index in [1.807, 2.05) is 18.0 Å². The lowest BCUT2D eigenvalue weighted by Gasteiger charge is -2.42.